The molecule has 0 aliphatic rings. The van der Waals surface area contributed by atoms with Crippen molar-refractivity contribution in [3.05, 3.63) is 94.7 Å². The quantitative estimate of drug-likeness (QED) is 0.338. The zero-order chi connectivity index (χ0) is 22.7. The number of para-hydroxylation sites is 1. The maximum atomic E-state index is 13.1. The lowest BCUT2D eigenvalue weighted by atomic mass is 10.1. The molecule has 0 aliphatic carbocycles. The van der Waals surface area contributed by atoms with Gasteiger partial charge in [0.1, 0.15) is 11.3 Å². The molecular formula is C26H22ClNO4. The molecular weight excluding hydrogens is 426 g/mol. The first-order chi connectivity index (χ1) is 15.5. The molecule has 4 rings (SSSR count). The second-order valence-electron chi connectivity index (χ2n) is 7.39. The van der Waals surface area contributed by atoms with E-state index in [4.69, 9.17) is 20.8 Å². The highest BCUT2D eigenvalue weighted by molar-refractivity contribution is 6.30. The third kappa shape index (κ3) is 4.53. The lowest BCUT2D eigenvalue weighted by Crippen LogP contribution is -2.30. The van der Waals surface area contributed by atoms with Crippen molar-refractivity contribution < 1.29 is 18.7 Å². The predicted molar refractivity (Wildman–Crippen MR) is 126 cm³/mol. The number of amides is 1. The van der Waals surface area contributed by atoms with Gasteiger partial charge in [-0.25, -0.2) is 0 Å². The zero-order valence-corrected chi connectivity index (χ0v) is 18.5. The van der Waals surface area contributed by atoms with Gasteiger partial charge in [-0.05, 0) is 67.4 Å². The maximum Gasteiger partial charge on any atom is 0.265 e. The molecule has 1 atom stereocenters. The molecule has 1 aromatic heterocycles. The van der Waals surface area contributed by atoms with Gasteiger partial charge in [0, 0.05) is 16.0 Å². The van der Waals surface area contributed by atoms with Gasteiger partial charge in [0.15, 0.2) is 11.9 Å². The Bertz CT molecular complexity index is 1260. The molecule has 4 aromatic rings. The fourth-order valence-electron chi connectivity index (χ4n) is 3.35. The summed E-state index contributed by atoms with van der Waals surface area (Å²) < 4.78 is 11.6. The highest BCUT2D eigenvalue weighted by Gasteiger charge is 2.25. The van der Waals surface area contributed by atoms with Crippen LogP contribution < -0.4 is 10.1 Å². The van der Waals surface area contributed by atoms with Crippen LogP contribution in [0.4, 0.5) is 5.69 Å². The van der Waals surface area contributed by atoms with Crippen molar-refractivity contribution in [2.75, 3.05) is 5.32 Å². The van der Waals surface area contributed by atoms with E-state index in [1.807, 2.05) is 30.3 Å². The Kier molecular flexibility index (Phi) is 6.28. The summed E-state index contributed by atoms with van der Waals surface area (Å²) in [6.07, 6.45) is 0.142. The fourth-order valence-corrected chi connectivity index (χ4v) is 3.47. The number of carbonyl (C=O) groups excluding carboxylic acids is 2. The normalized spacial score (nSPS) is 11.8. The van der Waals surface area contributed by atoms with Gasteiger partial charge in [-0.15, -0.1) is 0 Å². The Labute approximate surface area is 191 Å². The first kappa shape index (κ1) is 21.7. The predicted octanol–water partition coefficient (Wildman–Crippen LogP) is 6.29. The topological polar surface area (TPSA) is 68.5 Å². The van der Waals surface area contributed by atoms with E-state index in [9.17, 15) is 9.59 Å². The summed E-state index contributed by atoms with van der Waals surface area (Å²) in [6.45, 7) is 3.73. The van der Waals surface area contributed by atoms with Crippen molar-refractivity contribution in [3.63, 3.8) is 0 Å². The second-order valence-corrected chi connectivity index (χ2v) is 7.82. The van der Waals surface area contributed by atoms with Crippen LogP contribution >= 0.6 is 11.6 Å². The summed E-state index contributed by atoms with van der Waals surface area (Å²) in [4.78, 5) is 26.1. The summed E-state index contributed by atoms with van der Waals surface area (Å²) in [5.74, 6) is -0.0843. The Morgan fingerprint density at radius 3 is 2.38 bits per heavy atom. The van der Waals surface area contributed by atoms with Gasteiger partial charge in [-0.3, -0.25) is 9.59 Å². The molecule has 0 saturated heterocycles. The van der Waals surface area contributed by atoms with E-state index < -0.39 is 6.10 Å². The average Bonchev–Trinajstić information content (AvgIpc) is 3.18. The van der Waals surface area contributed by atoms with Gasteiger partial charge in [0.2, 0.25) is 5.78 Å². The molecule has 0 saturated carbocycles. The number of furan rings is 1. The van der Waals surface area contributed by atoms with Crippen molar-refractivity contribution in [2.45, 2.75) is 26.4 Å². The van der Waals surface area contributed by atoms with Gasteiger partial charge in [-0.1, -0.05) is 42.8 Å². The van der Waals surface area contributed by atoms with Crippen molar-refractivity contribution >= 4 is 39.9 Å². The Balaban J connectivity index is 1.61. The monoisotopic (exact) mass is 447 g/mol. The number of ketones is 1. The summed E-state index contributed by atoms with van der Waals surface area (Å²) in [5, 5.41) is 4.00. The molecule has 0 radical (unpaired) electrons. The highest BCUT2D eigenvalue weighted by Crippen LogP contribution is 2.33. The molecule has 1 N–H and O–H groups in total. The van der Waals surface area contributed by atoms with Crippen LogP contribution in [0.5, 0.6) is 5.75 Å². The third-order valence-corrected chi connectivity index (χ3v) is 5.42. The molecule has 32 heavy (non-hydrogen) atoms. The van der Waals surface area contributed by atoms with Crippen molar-refractivity contribution in [1.82, 2.24) is 0 Å². The van der Waals surface area contributed by atoms with Crippen LogP contribution in [0.25, 0.3) is 11.0 Å². The first-order valence-corrected chi connectivity index (χ1v) is 10.7. The van der Waals surface area contributed by atoms with Crippen LogP contribution in [0.2, 0.25) is 5.02 Å². The number of benzene rings is 3. The molecule has 6 heteroatoms. The number of hydrogen-bond acceptors (Lipinski definition) is 4. The summed E-state index contributed by atoms with van der Waals surface area (Å²) in [7, 11) is 0. The molecule has 5 nitrogen and oxygen atoms in total. The minimum atomic E-state index is -0.783. The van der Waals surface area contributed by atoms with E-state index in [1.54, 1.807) is 49.4 Å². The van der Waals surface area contributed by atoms with E-state index in [-0.39, 0.29) is 17.5 Å². The number of ether oxygens (including phenoxy) is 1. The van der Waals surface area contributed by atoms with Crippen LogP contribution in [-0.4, -0.2) is 17.8 Å². The van der Waals surface area contributed by atoms with Gasteiger partial charge >= 0.3 is 0 Å². The number of nitrogens with one attached hydrogen (secondary N) is 1. The minimum absolute atomic E-state index is 0.0568. The van der Waals surface area contributed by atoms with E-state index >= 15 is 0 Å². The third-order valence-electron chi connectivity index (χ3n) is 5.17. The second kappa shape index (κ2) is 9.28. The number of anilines is 1. The first-order valence-electron chi connectivity index (χ1n) is 10.3. The van der Waals surface area contributed by atoms with Crippen LogP contribution in [-0.2, 0) is 11.2 Å². The highest BCUT2D eigenvalue weighted by atomic mass is 35.5. The van der Waals surface area contributed by atoms with Crippen molar-refractivity contribution in [3.8, 4) is 5.75 Å². The number of carbonyl (C=O) groups is 2. The summed E-state index contributed by atoms with van der Waals surface area (Å²) in [6, 6.07) is 21.3. The Morgan fingerprint density at radius 1 is 1.00 bits per heavy atom. The van der Waals surface area contributed by atoms with Crippen LogP contribution in [0.1, 0.15) is 35.5 Å². The maximum absolute atomic E-state index is 13.1. The van der Waals surface area contributed by atoms with Crippen molar-refractivity contribution in [1.29, 1.82) is 0 Å². The van der Waals surface area contributed by atoms with Crippen LogP contribution in [0.3, 0.4) is 0 Å². The smallest absolute Gasteiger partial charge is 0.265 e. The van der Waals surface area contributed by atoms with E-state index in [1.165, 1.54) is 5.56 Å². The number of hydrogen-bond donors (Lipinski definition) is 1. The molecule has 1 unspecified atom stereocenters. The Morgan fingerprint density at radius 2 is 1.69 bits per heavy atom. The number of halogens is 1. The van der Waals surface area contributed by atoms with E-state index in [0.29, 0.717) is 33.0 Å². The Hall–Kier alpha value is -3.57. The van der Waals surface area contributed by atoms with Crippen molar-refractivity contribution in [2.24, 2.45) is 0 Å². The number of aryl methyl sites for hydroxylation is 1. The average molecular weight is 448 g/mol. The van der Waals surface area contributed by atoms with Gasteiger partial charge in [0.05, 0.1) is 5.69 Å². The molecule has 1 amide bonds. The number of fused-ring (bicyclic) bond motifs is 1. The number of rotatable bonds is 7. The summed E-state index contributed by atoms with van der Waals surface area (Å²) in [5.41, 5.74) is 2.42. The lowest BCUT2D eigenvalue weighted by Gasteiger charge is -2.15. The van der Waals surface area contributed by atoms with E-state index in [0.717, 1.165) is 6.42 Å². The molecule has 162 valence electrons. The molecule has 0 fully saturated rings. The van der Waals surface area contributed by atoms with Crippen LogP contribution in [0.15, 0.2) is 77.2 Å². The summed E-state index contributed by atoms with van der Waals surface area (Å²) >= 11 is 5.94. The molecule has 3 aromatic carbocycles. The lowest BCUT2D eigenvalue weighted by molar-refractivity contribution is -0.122. The van der Waals surface area contributed by atoms with Gasteiger partial charge in [-0.2, -0.15) is 0 Å². The molecule has 0 bridgehead atoms. The molecule has 0 aliphatic heterocycles. The fraction of sp³-hybridized carbons (Fsp3) is 0.154. The van der Waals surface area contributed by atoms with Crippen LogP contribution in [0, 0.1) is 0 Å². The minimum Gasteiger partial charge on any atom is -0.481 e. The van der Waals surface area contributed by atoms with E-state index in [2.05, 4.69) is 12.2 Å². The largest absolute Gasteiger partial charge is 0.481 e. The molecule has 0 spiro atoms. The standard InChI is InChI=1S/C26H22ClNO4/c1-3-17-8-14-20(15-9-17)31-16(2)26(30)28-23-21-6-4-5-7-22(21)32-25(23)24(29)18-10-12-19(27)13-11-18/h4-16H,3H2,1-2H3,(H,28,30). The van der Waals surface area contributed by atoms with Gasteiger partial charge < -0.3 is 14.5 Å². The molecule has 1 heterocycles. The van der Waals surface area contributed by atoms with Gasteiger partial charge in [0.25, 0.3) is 5.91 Å². The zero-order valence-electron chi connectivity index (χ0n) is 17.7. The SMILES string of the molecule is CCc1ccc(OC(C)C(=O)Nc2c(C(=O)c3ccc(Cl)cc3)oc3ccccc23)cc1.